The first-order valence-corrected chi connectivity index (χ1v) is 6.13. The summed E-state index contributed by atoms with van der Waals surface area (Å²) in [6.07, 6.45) is 0.595. The zero-order chi connectivity index (χ0) is 13.6. The summed E-state index contributed by atoms with van der Waals surface area (Å²) in [6.45, 7) is 4.76. The van der Waals surface area contributed by atoms with Gasteiger partial charge in [-0.1, -0.05) is 0 Å². The highest BCUT2D eigenvalue weighted by atomic mass is 16.5. The van der Waals surface area contributed by atoms with Gasteiger partial charge in [0.2, 0.25) is 0 Å². The van der Waals surface area contributed by atoms with E-state index in [0.717, 1.165) is 23.6 Å². The fourth-order valence-corrected chi connectivity index (χ4v) is 1.56. The number of hydrogen-bond donors (Lipinski definition) is 2. The van der Waals surface area contributed by atoms with Crippen LogP contribution in [-0.2, 0) is 6.54 Å². The summed E-state index contributed by atoms with van der Waals surface area (Å²) >= 11 is 0. The van der Waals surface area contributed by atoms with Crippen molar-refractivity contribution in [2.45, 2.75) is 32.4 Å². The minimum absolute atomic E-state index is 0.493. The topological polar surface area (TPSA) is 50.7 Å². The normalized spacial score (nSPS) is 11.4. The van der Waals surface area contributed by atoms with Gasteiger partial charge >= 0.3 is 0 Å². The van der Waals surface area contributed by atoms with Crippen molar-refractivity contribution >= 4 is 0 Å². The standard InChI is InChI=1S/C14H23NO3/c1-14(2,16)7-8-18-13-6-5-12(17-4)9-11(13)10-15-3/h5-6,9,15-16H,7-8,10H2,1-4H3. The fraction of sp³-hybridized carbons (Fsp3) is 0.571. The van der Waals surface area contributed by atoms with Gasteiger partial charge in [-0.05, 0) is 39.1 Å². The molecule has 0 radical (unpaired) electrons. The average Bonchev–Trinajstić information content (AvgIpc) is 2.29. The molecular weight excluding hydrogens is 230 g/mol. The third-order valence-corrected chi connectivity index (χ3v) is 2.61. The zero-order valence-electron chi connectivity index (χ0n) is 11.6. The van der Waals surface area contributed by atoms with Crippen molar-refractivity contribution in [1.29, 1.82) is 0 Å². The molecule has 0 aliphatic carbocycles. The van der Waals surface area contributed by atoms with E-state index in [4.69, 9.17) is 9.47 Å². The zero-order valence-corrected chi connectivity index (χ0v) is 11.6. The Morgan fingerprint density at radius 1 is 1.33 bits per heavy atom. The lowest BCUT2D eigenvalue weighted by atomic mass is 10.1. The van der Waals surface area contributed by atoms with Crippen LogP contribution in [-0.4, -0.2) is 31.5 Å². The summed E-state index contributed by atoms with van der Waals surface area (Å²) in [7, 11) is 3.54. The highest BCUT2D eigenvalue weighted by Crippen LogP contribution is 2.24. The summed E-state index contributed by atoms with van der Waals surface area (Å²) in [4.78, 5) is 0. The lowest BCUT2D eigenvalue weighted by Gasteiger charge is -2.18. The molecule has 18 heavy (non-hydrogen) atoms. The van der Waals surface area contributed by atoms with E-state index >= 15 is 0 Å². The molecule has 0 saturated heterocycles. The number of ether oxygens (including phenoxy) is 2. The molecule has 0 aliphatic rings. The molecule has 1 aromatic carbocycles. The molecule has 1 rings (SSSR count). The third-order valence-electron chi connectivity index (χ3n) is 2.61. The minimum atomic E-state index is -0.699. The Balaban J connectivity index is 2.68. The van der Waals surface area contributed by atoms with E-state index in [0.29, 0.717) is 13.0 Å². The van der Waals surface area contributed by atoms with Crippen molar-refractivity contribution < 1.29 is 14.6 Å². The quantitative estimate of drug-likeness (QED) is 0.780. The summed E-state index contributed by atoms with van der Waals surface area (Å²) in [5.74, 6) is 1.64. The maximum atomic E-state index is 9.64. The van der Waals surface area contributed by atoms with Crippen molar-refractivity contribution in [2.24, 2.45) is 0 Å². The van der Waals surface area contributed by atoms with Crippen molar-refractivity contribution in [3.63, 3.8) is 0 Å². The molecule has 0 saturated carbocycles. The van der Waals surface area contributed by atoms with Gasteiger partial charge in [-0.15, -0.1) is 0 Å². The molecule has 0 amide bonds. The Kier molecular flexibility index (Phi) is 5.44. The van der Waals surface area contributed by atoms with Crippen LogP contribution in [0.5, 0.6) is 11.5 Å². The van der Waals surface area contributed by atoms with Crippen LogP contribution in [0, 0.1) is 0 Å². The van der Waals surface area contributed by atoms with Gasteiger partial charge in [0.15, 0.2) is 0 Å². The first kappa shape index (κ1) is 14.8. The third kappa shape index (κ3) is 4.94. The smallest absolute Gasteiger partial charge is 0.124 e. The van der Waals surface area contributed by atoms with Gasteiger partial charge in [-0.25, -0.2) is 0 Å². The summed E-state index contributed by atoms with van der Waals surface area (Å²) in [6, 6.07) is 5.73. The number of aliphatic hydroxyl groups is 1. The highest BCUT2D eigenvalue weighted by molar-refractivity contribution is 5.40. The van der Waals surface area contributed by atoms with Gasteiger partial charge in [0, 0.05) is 18.5 Å². The van der Waals surface area contributed by atoms with Crippen LogP contribution in [0.4, 0.5) is 0 Å². The summed E-state index contributed by atoms with van der Waals surface area (Å²) in [5, 5.41) is 12.7. The molecule has 102 valence electrons. The van der Waals surface area contributed by atoms with Crippen LogP contribution in [0.3, 0.4) is 0 Å². The molecule has 0 aliphatic heterocycles. The number of rotatable bonds is 7. The molecule has 0 atom stereocenters. The molecule has 0 unspecified atom stereocenters. The van der Waals surface area contributed by atoms with Crippen LogP contribution in [0.15, 0.2) is 18.2 Å². The van der Waals surface area contributed by atoms with E-state index in [-0.39, 0.29) is 0 Å². The fourth-order valence-electron chi connectivity index (χ4n) is 1.56. The molecule has 0 fully saturated rings. The number of benzene rings is 1. The second-order valence-electron chi connectivity index (χ2n) is 4.91. The van der Waals surface area contributed by atoms with Crippen LogP contribution in [0.1, 0.15) is 25.8 Å². The van der Waals surface area contributed by atoms with Crippen LogP contribution in [0.25, 0.3) is 0 Å². The van der Waals surface area contributed by atoms with E-state index in [2.05, 4.69) is 5.32 Å². The van der Waals surface area contributed by atoms with Gasteiger partial charge in [0.25, 0.3) is 0 Å². The summed E-state index contributed by atoms with van der Waals surface area (Å²) < 4.78 is 10.9. The van der Waals surface area contributed by atoms with E-state index in [9.17, 15) is 5.11 Å². The molecule has 0 heterocycles. The van der Waals surface area contributed by atoms with Crippen molar-refractivity contribution in [1.82, 2.24) is 5.32 Å². The van der Waals surface area contributed by atoms with Crippen LogP contribution < -0.4 is 14.8 Å². The monoisotopic (exact) mass is 253 g/mol. The van der Waals surface area contributed by atoms with Gasteiger partial charge < -0.3 is 19.9 Å². The Morgan fingerprint density at radius 2 is 2.06 bits per heavy atom. The van der Waals surface area contributed by atoms with Gasteiger partial charge in [0.05, 0.1) is 19.3 Å². The van der Waals surface area contributed by atoms with E-state index in [1.54, 1.807) is 21.0 Å². The molecular formula is C14H23NO3. The van der Waals surface area contributed by atoms with Crippen molar-refractivity contribution in [3.8, 4) is 11.5 Å². The minimum Gasteiger partial charge on any atom is -0.497 e. The summed E-state index contributed by atoms with van der Waals surface area (Å²) in [5.41, 5.74) is 0.350. The average molecular weight is 253 g/mol. The number of methoxy groups -OCH3 is 1. The second-order valence-corrected chi connectivity index (χ2v) is 4.91. The molecule has 4 heteroatoms. The molecule has 0 bridgehead atoms. The first-order valence-electron chi connectivity index (χ1n) is 6.13. The van der Waals surface area contributed by atoms with Gasteiger partial charge in [-0.3, -0.25) is 0 Å². The number of hydrogen-bond acceptors (Lipinski definition) is 4. The van der Waals surface area contributed by atoms with Gasteiger partial charge in [-0.2, -0.15) is 0 Å². The highest BCUT2D eigenvalue weighted by Gasteiger charge is 2.13. The number of nitrogens with one attached hydrogen (secondary N) is 1. The maximum absolute atomic E-state index is 9.64. The molecule has 2 N–H and O–H groups in total. The Bertz CT molecular complexity index is 372. The Morgan fingerprint density at radius 3 is 2.61 bits per heavy atom. The predicted molar refractivity (Wildman–Crippen MR) is 72.2 cm³/mol. The molecule has 4 nitrogen and oxygen atoms in total. The molecule has 0 spiro atoms. The lowest BCUT2D eigenvalue weighted by molar-refractivity contribution is 0.0552. The second kappa shape index (κ2) is 6.61. The van der Waals surface area contributed by atoms with Crippen molar-refractivity contribution in [3.05, 3.63) is 23.8 Å². The van der Waals surface area contributed by atoms with Gasteiger partial charge in [0.1, 0.15) is 11.5 Å². The molecule has 0 aromatic heterocycles. The maximum Gasteiger partial charge on any atom is 0.124 e. The van der Waals surface area contributed by atoms with E-state index in [1.807, 2.05) is 25.2 Å². The van der Waals surface area contributed by atoms with Crippen LogP contribution >= 0.6 is 0 Å². The Hall–Kier alpha value is -1.26. The predicted octanol–water partition coefficient (Wildman–Crippen LogP) is 1.95. The van der Waals surface area contributed by atoms with Crippen LogP contribution in [0.2, 0.25) is 0 Å². The SMILES string of the molecule is CNCc1cc(OC)ccc1OCCC(C)(C)O. The molecule has 1 aromatic rings. The van der Waals surface area contributed by atoms with E-state index < -0.39 is 5.60 Å². The largest absolute Gasteiger partial charge is 0.497 e. The van der Waals surface area contributed by atoms with E-state index in [1.165, 1.54) is 0 Å². The van der Waals surface area contributed by atoms with Crippen molar-refractivity contribution in [2.75, 3.05) is 20.8 Å². The Labute approximate surface area is 109 Å². The lowest BCUT2D eigenvalue weighted by Crippen LogP contribution is -2.22. The first-order chi connectivity index (χ1) is 8.46.